The van der Waals surface area contributed by atoms with Crippen molar-refractivity contribution in [2.45, 2.75) is 46.6 Å². The van der Waals surface area contributed by atoms with Crippen LogP contribution in [-0.2, 0) is 17.6 Å². The number of methoxy groups -OCH3 is 1. The Balaban J connectivity index is 2.39. The Kier molecular flexibility index (Phi) is 3.89. The van der Waals surface area contributed by atoms with Crippen molar-refractivity contribution in [3.63, 3.8) is 0 Å². The zero-order chi connectivity index (χ0) is 13.5. The first-order valence-corrected chi connectivity index (χ1v) is 7.45. The minimum Gasteiger partial charge on any atom is -0.376 e. The molecule has 1 aromatic rings. The molecule has 0 fully saturated rings. The van der Waals surface area contributed by atoms with E-state index in [-0.39, 0.29) is 6.10 Å². The fourth-order valence-electron chi connectivity index (χ4n) is 2.99. The van der Waals surface area contributed by atoms with E-state index in [1.807, 2.05) is 7.11 Å². The molecule has 0 radical (unpaired) electrons. The number of ether oxygens (including phenoxy) is 1. The molecule has 1 aliphatic carbocycles. The molecule has 2 atom stereocenters. The molecule has 0 aliphatic heterocycles. The summed E-state index contributed by atoms with van der Waals surface area (Å²) < 4.78 is 6.92. The Bertz CT molecular complexity index is 445. The van der Waals surface area contributed by atoms with Gasteiger partial charge in [-0.3, -0.25) is 0 Å². The number of halogens is 1. The predicted octanol–water partition coefficient (Wildman–Crippen LogP) is 4.92. The van der Waals surface area contributed by atoms with E-state index in [2.05, 4.69) is 55.8 Å². The molecule has 100 valence electrons. The maximum absolute atomic E-state index is 5.67. The van der Waals surface area contributed by atoms with Crippen LogP contribution in [0.5, 0.6) is 0 Å². The summed E-state index contributed by atoms with van der Waals surface area (Å²) in [5.41, 5.74) is 4.55. The van der Waals surface area contributed by atoms with Crippen LogP contribution in [0, 0.1) is 11.3 Å². The highest BCUT2D eigenvalue weighted by Crippen LogP contribution is 2.42. The molecule has 0 N–H and O–H groups in total. The largest absolute Gasteiger partial charge is 0.376 e. The second kappa shape index (κ2) is 4.97. The van der Waals surface area contributed by atoms with E-state index in [0.717, 1.165) is 12.8 Å². The van der Waals surface area contributed by atoms with Gasteiger partial charge in [-0.1, -0.05) is 49.7 Å². The number of fused-ring (bicyclic) bond motifs is 1. The molecule has 1 aromatic carbocycles. The monoisotopic (exact) mass is 310 g/mol. The maximum atomic E-state index is 5.67. The highest BCUT2D eigenvalue weighted by Gasteiger charge is 2.31. The van der Waals surface area contributed by atoms with Crippen molar-refractivity contribution in [1.29, 1.82) is 0 Å². The van der Waals surface area contributed by atoms with Gasteiger partial charge in [-0.15, -0.1) is 0 Å². The van der Waals surface area contributed by atoms with Crippen molar-refractivity contribution in [2.24, 2.45) is 11.3 Å². The maximum Gasteiger partial charge on any atom is 0.0852 e. The molecule has 0 saturated heterocycles. The van der Waals surface area contributed by atoms with E-state index in [9.17, 15) is 0 Å². The molecule has 1 aliphatic rings. The standard InChI is InChI=1S/C16H23BrO/c1-10-6-12-13(15(10)18-5)7-11(8-14(12)17)9-16(2,3)4/h7-8,10,15H,6,9H2,1-5H3/t10?,15-/m1/s1. The van der Waals surface area contributed by atoms with Crippen LogP contribution in [0.3, 0.4) is 0 Å². The van der Waals surface area contributed by atoms with Crippen LogP contribution in [0.15, 0.2) is 16.6 Å². The van der Waals surface area contributed by atoms with Gasteiger partial charge in [0.2, 0.25) is 0 Å². The van der Waals surface area contributed by atoms with Crippen LogP contribution in [0.25, 0.3) is 0 Å². The SMILES string of the molecule is CO[C@H]1c2cc(CC(C)(C)C)cc(Br)c2CC1C. The fourth-order valence-corrected chi connectivity index (χ4v) is 3.68. The first-order valence-electron chi connectivity index (χ1n) is 6.66. The van der Waals surface area contributed by atoms with Crippen molar-refractivity contribution >= 4 is 15.9 Å². The quantitative estimate of drug-likeness (QED) is 0.753. The summed E-state index contributed by atoms with van der Waals surface area (Å²) in [5, 5.41) is 0. The normalized spacial score (nSPS) is 23.2. The Morgan fingerprint density at radius 1 is 1.33 bits per heavy atom. The lowest BCUT2D eigenvalue weighted by molar-refractivity contribution is 0.0694. The van der Waals surface area contributed by atoms with Gasteiger partial charge in [0.15, 0.2) is 0 Å². The van der Waals surface area contributed by atoms with Crippen LogP contribution < -0.4 is 0 Å². The van der Waals surface area contributed by atoms with E-state index < -0.39 is 0 Å². The Morgan fingerprint density at radius 3 is 2.56 bits per heavy atom. The molecule has 1 unspecified atom stereocenters. The lowest BCUT2D eigenvalue weighted by atomic mass is 9.87. The van der Waals surface area contributed by atoms with Crippen LogP contribution in [0.2, 0.25) is 0 Å². The minimum absolute atomic E-state index is 0.260. The molecule has 2 rings (SSSR count). The number of benzene rings is 1. The predicted molar refractivity (Wildman–Crippen MR) is 79.9 cm³/mol. The lowest BCUT2D eigenvalue weighted by Crippen LogP contribution is -2.10. The first kappa shape index (κ1) is 14.1. The highest BCUT2D eigenvalue weighted by atomic mass is 79.9. The number of hydrogen-bond donors (Lipinski definition) is 0. The van der Waals surface area contributed by atoms with E-state index in [1.165, 1.54) is 21.2 Å². The summed E-state index contributed by atoms with van der Waals surface area (Å²) in [6.45, 7) is 9.11. The minimum atomic E-state index is 0.260. The van der Waals surface area contributed by atoms with Gasteiger partial charge < -0.3 is 4.74 Å². The van der Waals surface area contributed by atoms with Crippen LogP contribution in [0.1, 0.15) is 50.5 Å². The average molecular weight is 311 g/mol. The second-order valence-electron chi connectivity index (χ2n) is 6.72. The summed E-state index contributed by atoms with van der Waals surface area (Å²) in [6.07, 6.45) is 2.48. The molecular formula is C16H23BrO. The highest BCUT2D eigenvalue weighted by molar-refractivity contribution is 9.10. The third-order valence-electron chi connectivity index (χ3n) is 3.63. The molecule has 1 nitrogen and oxygen atoms in total. The average Bonchev–Trinajstić information content (AvgIpc) is 2.52. The molecule has 0 saturated carbocycles. The van der Waals surface area contributed by atoms with Crippen LogP contribution in [-0.4, -0.2) is 7.11 Å². The van der Waals surface area contributed by atoms with Gasteiger partial charge in [0.05, 0.1) is 6.10 Å². The molecule has 0 spiro atoms. The zero-order valence-corrected chi connectivity index (χ0v) is 13.6. The Labute approximate surface area is 119 Å². The van der Waals surface area contributed by atoms with Crippen molar-refractivity contribution in [1.82, 2.24) is 0 Å². The third kappa shape index (κ3) is 2.80. The Hall–Kier alpha value is -0.340. The van der Waals surface area contributed by atoms with Crippen molar-refractivity contribution in [3.8, 4) is 0 Å². The Morgan fingerprint density at radius 2 is 2.00 bits per heavy atom. The first-order chi connectivity index (χ1) is 8.31. The topological polar surface area (TPSA) is 9.23 Å². The van der Waals surface area contributed by atoms with Crippen molar-refractivity contribution in [3.05, 3.63) is 33.3 Å². The van der Waals surface area contributed by atoms with Crippen molar-refractivity contribution in [2.75, 3.05) is 7.11 Å². The molecule has 18 heavy (non-hydrogen) atoms. The summed E-state index contributed by atoms with van der Waals surface area (Å²) in [5.74, 6) is 0.575. The number of hydrogen-bond acceptors (Lipinski definition) is 1. The number of rotatable bonds is 2. The van der Waals surface area contributed by atoms with Gasteiger partial charge in [-0.2, -0.15) is 0 Å². The summed E-state index contributed by atoms with van der Waals surface area (Å²) in [7, 11) is 1.82. The van der Waals surface area contributed by atoms with Gasteiger partial charge in [0.25, 0.3) is 0 Å². The molecule has 0 heterocycles. The third-order valence-corrected chi connectivity index (χ3v) is 4.34. The fraction of sp³-hybridized carbons (Fsp3) is 0.625. The lowest BCUT2D eigenvalue weighted by Gasteiger charge is -2.20. The van der Waals surface area contributed by atoms with Gasteiger partial charge in [-0.05, 0) is 46.9 Å². The van der Waals surface area contributed by atoms with E-state index in [0.29, 0.717) is 11.3 Å². The molecule has 2 heteroatoms. The molecule has 0 amide bonds. The van der Waals surface area contributed by atoms with Gasteiger partial charge in [-0.25, -0.2) is 0 Å². The summed E-state index contributed by atoms with van der Waals surface area (Å²) in [6, 6.07) is 4.64. The summed E-state index contributed by atoms with van der Waals surface area (Å²) in [4.78, 5) is 0. The smallest absolute Gasteiger partial charge is 0.0852 e. The van der Waals surface area contributed by atoms with Crippen LogP contribution >= 0.6 is 15.9 Å². The molecule has 0 bridgehead atoms. The zero-order valence-electron chi connectivity index (χ0n) is 12.0. The molecule has 0 aromatic heterocycles. The van der Waals surface area contributed by atoms with Gasteiger partial charge in [0.1, 0.15) is 0 Å². The van der Waals surface area contributed by atoms with Gasteiger partial charge >= 0.3 is 0 Å². The van der Waals surface area contributed by atoms with Gasteiger partial charge in [0, 0.05) is 11.6 Å². The van der Waals surface area contributed by atoms with Crippen molar-refractivity contribution < 1.29 is 4.74 Å². The van der Waals surface area contributed by atoms with E-state index in [1.54, 1.807) is 0 Å². The summed E-state index contributed by atoms with van der Waals surface area (Å²) >= 11 is 3.73. The van der Waals surface area contributed by atoms with E-state index >= 15 is 0 Å². The molecular weight excluding hydrogens is 288 g/mol. The second-order valence-corrected chi connectivity index (χ2v) is 7.57. The van der Waals surface area contributed by atoms with Crippen LogP contribution in [0.4, 0.5) is 0 Å². The van der Waals surface area contributed by atoms with E-state index in [4.69, 9.17) is 4.74 Å².